The van der Waals surface area contributed by atoms with Gasteiger partial charge in [-0.1, -0.05) is 157 Å². The van der Waals surface area contributed by atoms with Gasteiger partial charge >= 0.3 is 0 Å². The van der Waals surface area contributed by atoms with E-state index in [-0.39, 0.29) is 0 Å². The number of hydrogen-bond donors (Lipinski definition) is 0. The molecule has 0 saturated carbocycles. The predicted molar refractivity (Wildman–Crippen MR) is 321 cm³/mol. The summed E-state index contributed by atoms with van der Waals surface area (Å²) in [4.78, 5) is 21.0. The smallest absolute Gasteiger partial charge is 0.165 e. The van der Waals surface area contributed by atoms with Crippen molar-refractivity contribution < 1.29 is 0 Å². The molecule has 0 unspecified atom stereocenters. The topological polar surface area (TPSA) is 71.3 Å². The van der Waals surface area contributed by atoms with Crippen LogP contribution in [0.3, 0.4) is 0 Å². The van der Waals surface area contributed by atoms with Crippen molar-refractivity contribution in [2.75, 3.05) is 0 Å². The number of para-hydroxylation sites is 3. The molecule has 0 aliphatic heterocycles. The number of fused-ring (bicyclic) bond motifs is 12. The molecule has 0 spiro atoms. The van der Waals surface area contributed by atoms with Gasteiger partial charge in [0.05, 0.1) is 62.7 Å². The Kier molecular flexibility index (Phi) is 9.59. The zero-order chi connectivity index (χ0) is 51.6. The van der Waals surface area contributed by atoms with E-state index in [0.29, 0.717) is 0 Å². The molecule has 0 amide bonds. The Bertz CT molecular complexity index is 4840. The minimum absolute atomic E-state index is 0.740. The predicted octanol–water partition coefficient (Wildman–Crippen LogP) is 17.3. The second-order valence-electron chi connectivity index (χ2n) is 20.5. The van der Waals surface area contributed by atoms with Gasteiger partial charge in [-0.25, -0.2) is 4.98 Å². The maximum atomic E-state index is 6.41. The van der Waals surface area contributed by atoms with Gasteiger partial charge in [0, 0.05) is 67.2 Å². The number of rotatable bonds is 7. The van der Waals surface area contributed by atoms with Crippen LogP contribution in [0.4, 0.5) is 0 Å². The van der Waals surface area contributed by atoms with Gasteiger partial charge in [-0.15, -0.1) is 0 Å². The molecule has 8 heteroatoms. The van der Waals surface area contributed by atoms with E-state index in [1.807, 2.05) is 37.2 Å². The Balaban J connectivity index is 1.20. The Hall–Kier alpha value is -10.4. The average Bonchev–Trinajstić information content (AvgIpc) is 4.37. The van der Waals surface area contributed by atoms with Gasteiger partial charge in [-0.2, -0.15) is 0 Å². The van der Waals surface area contributed by atoms with E-state index in [9.17, 15) is 0 Å². The van der Waals surface area contributed by atoms with E-state index >= 15 is 0 Å². The lowest BCUT2D eigenvalue weighted by Gasteiger charge is -2.27. The van der Waals surface area contributed by atoms with Crippen molar-refractivity contribution in [1.82, 2.24) is 38.2 Å². The van der Waals surface area contributed by atoms with Crippen LogP contribution in [0, 0.1) is 13.8 Å². The van der Waals surface area contributed by atoms with Crippen molar-refractivity contribution in [2.24, 2.45) is 0 Å². The van der Waals surface area contributed by atoms with Crippen molar-refractivity contribution in [3.8, 4) is 56.4 Å². The zero-order valence-corrected chi connectivity index (χ0v) is 42.7. The summed E-state index contributed by atoms with van der Waals surface area (Å²) in [6.07, 6.45) is 11.7. The van der Waals surface area contributed by atoms with Crippen LogP contribution in [0.25, 0.3) is 144 Å². The van der Waals surface area contributed by atoms with Crippen LogP contribution in [0.1, 0.15) is 11.1 Å². The van der Waals surface area contributed by atoms with Crippen LogP contribution in [-0.4, -0.2) is 38.2 Å². The average molecular weight is 999 g/mol. The number of pyridine rings is 4. The standard InChI is InChI=1S/C70H46N8/c1-43-35-44(2)37-49(36-43)66-67(75-58-22-12-9-19-50(58)53-29-32-71-40-63(53)75)69(77-61-27-25-47(45-15-5-3-6-16-45)38-56(61)57-39-48(26-28-62(57)77)46-17-7-4-8-18-46)74-70(78-60-24-14-11-21-52(60)55-31-34-73-42-65(55)78)68(66)76-59-23-13-10-20-51(59)54-30-33-72-41-64(54)76/h3-42H,1-2H3. The summed E-state index contributed by atoms with van der Waals surface area (Å²) in [5.41, 5.74) is 18.7. The van der Waals surface area contributed by atoms with E-state index in [1.165, 1.54) is 0 Å². The minimum Gasteiger partial charge on any atom is -0.304 e. The van der Waals surface area contributed by atoms with Gasteiger partial charge < -0.3 is 9.13 Å². The first kappa shape index (κ1) is 43.9. The van der Waals surface area contributed by atoms with E-state index in [0.717, 1.165) is 155 Å². The lowest BCUT2D eigenvalue weighted by atomic mass is 9.97. The number of hydrogen-bond acceptors (Lipinski definition) is 4. The van der Waals surface area contributed by atoms with Crippen LogP contribution in [0.5, 0.6) is 0 Å². The zero-order valence-electron chi connectivity index (χ0n) is 42.7. The summed E-state index contributed by atoms with van der Waals surface area (Å²) in [5.74, 6) is 1.49. The SMILES string of the molecule is Cc1cc(C)cc(-c2c(-n3c4ccccc4c4ccncc43)c(-n3c4ccc(-c5ccccc5)cc4c4cc(-c5ccccc5)ccc43)nc(-n3c4ccccc4c4ccncc43)c2-n2c3ccccc3c3ccncc32)c1. The highest BCUT2D eigenvalue weighted by atomic mass is 15.2. The van der Waals surface area contributed by atoms with Crippen LogP contribution < -0.4 is 0 Å². The highest BCUT2D eigenvalue weighted by Gasteiger charge is 2.33. The molecule has 8 aromatic heterocycles. The highest BCUT2D eigenvalue weighted by molar-refractivity contribution is 6.16. The minimum atomic E-state index is 0.740. The molecule has 0 N–H and O–H groups in total. The fourth-order valence-electron chi connectivity index (χ4n) is 12.7. The summed E-state index contributed by atoms with van der Waals surface area (Å²) in [6, 6.07) is 74.8. The van der Waals surface area contributed by atoms with Crippen molar-refractivity contribution in [3.63, 3.8) is 0 Å². The molecular weight excluding hydrogens is 953 g/mol. The normalized spacial score (nSPS) is 12.0. The first-order valence-electron chi connectivity index (χ1n) is 26.4. The van der Waals surface area contributed by atoms with Crippen molar-refractivity contribution in [2.45, 2.75) is 13.8 Å². The molecule has 0 aliphatic rings. The molecule has 0 bridgehead atoms. The number of aryl methyl sites for hydroxylation is 2. The molecule has 0 aliphatic carbocycles. The molecule has 8 aromatic carbocycles. The summed E-state index contributed by atoms with van der Waals surface area (Å²) in [7, 11) is 0. The third-order valence-electron chi connectivity index (χ3n) is 15.9. The summed E-state index contributed by atoms with van der Waals surface area (Å²) < 4.78 is 9.65. The second-order valence-corrected chi connectivity index (χ2v) is 20.5. The van der Waals surface area contributed by atoms with E-state index in [1.54, 1.807) is 0 Å². The molecule has 8 heterocycles. The van der Waals surface area contributed by atoms with Gasteiger partial charge in [-0.05, 0) is 102 Å². The first-order chi connectivity index (χ1) is 38.6. The van der Waals surface area contributed by atoms with Crippen molar-refractivity contribution in [3.05, 3.63) is 255 Å². The maximum Gasteiger partial charge on any atom is 0.165 e. The van der Waals surface area contributed by atoms with Gasteiger partial charge in [0.1, 0.15) is 11.4 Å². The molecular formula is C70H46N8. The Morgan fingerprint density at radius 1 is 0.269 bits per heavy atom. The van der Waals surface area contributed by atoms with Crippen molar-refractivity contribution in [1.29, 1.82) is 0 Å². The second kappa shape index (κ2) is 17.0. The van der Waals surface area contributed by atoms with Crippen molar-refractivity contribution >= 4 is 87.2 Å². The quantitative estimate of drug-likeness (QED) is 0.159. The van der Waals surface area contributed by atoms with Gasteiger partial charge in [0.15, 0.2) is 11.6 Å². The highest BCUT2D eigenvalue weighted by Crippen LogP contribution is 2.49. The van der Waals surface area contributed by atoms with Crippen LogP contribution in [0.2, 0.25) is 0 Å². The maximum absolute atomic E-state index is 6.41. The molecule has 16 rings (SSSR count). The molecule has 8 nitrogen and oxygen atoms in total. The summed E-state index contributed by atoms with van der Waals surface area (Å²) >= 11 is 0. The van der Waals surface area contributed by atoms with Gasteiger partial charge in [0.25, 0.3) is 0 Å². The van der Waals surface area contributed by atoms with E-state index in [2.05, 4.69) is 238 Å². The fourth-order valence-corrected chi connectivity index (χ4v) is 12.7. The molecule has 78 heavy (non-hydrogen) atoms. The molecule has 366 valence electrons. The van der Waals surface area contributed by atoms with Crippen LogP contribution >= 0.6 is 0 Å². The van der Waals surface area contributed by atoms with E-state index < -0.39 is 0 Å². The first-order valence-corrected chi connectivity index (χ1v) is 26.4. The third-order valence-corrected chi connectivity index (χ3v) is 15.9. The fraction of sp³-hybridized carbons (Fsp3) is 0.0286. The number of benzene rings is 8. The summed E-state index contributed by atoms with van der Waals surface area (Å²) in [5, 5.41) is 8.87. The number of nitrogens with zero attached hydrogens (tertiary/aromatic N) is 8. The third kappa shape index (κ3) is 6.47. The summed E-state index contributed by atoms with van der Waals surface area (Å²) in [6.45, 7) is 4.40. The van der Waals surface area contributed by atoms with Gasteiger partial charge in [-0.3, -0.25) is 24.1 Å². The number of aromatic nitrogens is 8. The van der Waals surface area contributed by atoms with E-state index in [4.69, 9.17) is 19.9 Å². The largest absolute Gasteiger partial charge is 0.304 e. The Labute approximate surface area is 448 Å². The van der Waals surface area contributed by atoms with Crippen LogP contribution in [0.15, 0.2) is 243 Å². The Morgan fingerprint density at radius 2 is 0.628 bits per heavy atom. The molecule has 0 saturated heterocycles. The molecule has 16 aromatic rings. The Morgan fingerprint density at radius 3 is 1.08 bits per heavy atom. The molecule has 0 fully saturated rings. The molecule has 0 radical (unpaired) electrons. The van der Waals surface area contributed by atoms with Gasteiger partial charge in [0.2, 0.25) is 0 Å². The monoisotopic (exact) mass is 998 g/mol. The van der Waals surface area contributed by atoms with Crippen LogP contribution in [-0.2, 0) is 0 Å². The molecule has 0 atom stereocenters. The lowest BCUT2D eigenvalue weighted by molar-refractivity contribution is 0.958. The lowest BCUT2D eigenvalue weighted by Crippen LogP contribution is -2.16.